The molecule has 2 aliphatic rings. The number of carbonyl (C=O) groups excluding carboxylic acids is 1. The molecule has 20 heavy (non-hydrogen) atoms. The van der Waals surface area contributed by atoms with Crippen molar-refractivity contribution >= 4 is 5.91 Å². The van der Waals surface area contributed by atoms with Gasteiger partial charge in [0.15, 0.2) is 0 Å². The second-order valence-corrected chi connectivity index (χ2v) is 7.65. The molecule has 3 heteroatoms. The van der Waals surface area contributed by atoms with Gasteiger partial charge in [0.05, 0.1) is 5.54 Å². The highest BCUT2D eigenvalue weighted by molar-refractivity contribution is 5.86. The minimum Gasteiger partial charge on any atom is -0.338 e. The van der Waals surface area contributed by atoms with Crippen molar-refractivity contribution in [2.75, 3.05) is 6.54 Å². The minimum atomic E-state index is -0.588. The largest absolute Gasteiger partial charge is 0.338 e. The van der Waals surface area contributed by atoms with Gasteiger partial charge in [-0.15, -0.1) is 0 Å². The van der Waals surface area contributed by atoms with Crippen LogP contribution in [0.15, 0.2) is 0 Å². The van der Waals surface area contributed by atoms with E-state index in [-0.39, 0.29) is 5.91 Å². The first-order valence-electron chi connectivity index (χ1n) is 8.52. The van der Waals surface area contributed by atoms with Gasteiger partial charge in [0.2, 0.25) is 5.91 Å². The van der Waals surface area contributed by atoms with Gasteiger partial charge in [-0.2, -0.15) is 0 Å². The first-order chi connectivity index (χ1) is 9.42. The Morgan fingerprint density at radius 1 is 1.25 bits per heavy atom. The minimum absolute atomic E-state index is 0.240. The van der Waals surface area contributed by atoms with Crippen molar-refractivity contribution < 1.29 is 4.79 Å². The normalized spacial score (nSPS) is 31.8. The predicted molar refractivity (Wildman–Crippen MR) is 83.4 cm³/mol. The van der Waals surface area contributed by atoms with Gasteiger partial charge in [-0.25, -0.2) is 0 Å². The maximum absolute atomic E-state index is 13.1. The molecular weight excluding hydrogens is 248 g/mol. The third-order valence-corrected chi connectivity index (χ3v) is 5.05. The quantitative estimate of drug-likeness (QED) is 0.858. The highest BCUT2D eigenvalue weighted by atomic mass is 16.2. The SMILES string of the molecule is CC(C)CN(C(=O)C1(N)CCCC(C)C1)C1CCCC1. The summed E-state index contributed by atoms with van der Waals surface area (Å²) in [7, 11) is 0. The molecule has 2 rings (SSSR count). The second kappa shape index (κ2) is 6.46. The zero-order chi connectivity index (χ0) is 14.8. The van der Waals surface area contributed by atoms with Crippen LogP contribution in [0.25, 0.3) is 0 Å². The van der Waals surface area contributed by atoms with Gasteiger partial charge >= 0.3 is 0 Å². The fraction of sp³-hybridized carbons (Fsp3) is 0.941. The van der Waals surface area contributed by atoms with Crippen LogP contribution in [0, 0.1) is 11.8 Å². The number of carbonyl (C=O) groups is 1. The molecule has 0 heterocycles. The summed E-state index contributed by atoms with van der Waals surface area (Å²) in [6.45, 7) is 7.50. The summed E-state index contributed by atoms with van der Waals surface area (Å²) in [5.41, 5.74) is 5.96. The van der Waals surface area contributed by atoms with Crippen molar-refractivity contribution in [2.24, 2.45) is 17.6 Å². The van der Waals surface area contributed by atoms with Crippen molar-refractivity contribution in [3.05, 3.63) is 0 Å². The van der Waals surface area contributed by atoms with E-state index in [9.17, 15) is 4.79 Å². The lowest BCUT2D eigenvalue weighted by molar-refractivity contribution is -0.141. The van der Waals surface area contributed by atoms with Gasteiger partial charge in [-0.3, -0.25) is 4.79 Å². The van der Waals surface area contributed by atoms with Crippen molar-refractivity contribution in [3.8, 4) is 0 Å². The maximum Gasteiger partial charge on any atom is 0.242 e. The van der Waals surface area contributed by atoms with Crippen LogP contribution in [0.5, 0.6) is 0 Å². The third kappa shape index (κ3) is 3.55. The van der Waals surface area contributed by atoms with Crippen LogP contribution in [-0.2, 0) is 4.79 Å². The number of nitrogens with two attached hydrogens (primary N) is 1. The zero-order valence-electron chi connectivity index (χ0n) is 13.5. The topological polar surface area (TPSA) is 46.3 Å². The molecule has 2 saturated carbocycles. The third-order valence-electron chi connectivity index (χ3n) is 5.05. The van der Waals surface area contributed by atoms with E-state index >= 15 is 0 Å². The summed E-state index contributed by atoms with van der Waals surface area (Å²) in [6.07, 6.45) is 8.93. The summed E-state index contributed by atoms with van der Waals surface area (Å²) >= 11 is 0. The smallest absolute Gasteiger partial charge is 0.242 e. The van der Waals surface area contributed by atoms with Gasteiger partial charge in [-0.05, 0) is 37.5 Å². The first kappa shape index (κ1) is 15.8. The van der Waals surface area contributed by atoms with Gasteiger partial charge in [-0.1, -0.05) is 46.5 Å². The van der Waals surface area contributed by atoms with Crippen LogP contribution in [0.3, 0.4) is 0 Å². The molecule has 1 amide bonds. The average Bonchev–Trinajstić information content (AvgIpc) is 2.88. The Hall–Kier alpha value is -0.570. The van der Waals surface area contributed by atoms with E-state index in [4.69, 9.17) is 5.73 Å². The van der Waals surface area contributed by atoms with Crippen LogP contribution in [-0.4, -0.2) is 28.9 Å². The molecule has 0 saturated heterocycles. The van der Waals surface area contributed by atoms with Crippen molar-refractivity contribution in [3.63, 3.8) is 0 Å². The Morgan fingerprint density at radius 3 is 2.45 bits per heavy atom. The molecule has 0 aromatic rings. The number of hydrogen-bond acceptors (Lipinski definition) is 2. The predicted octanol–water partition coefficient (Wildman–Crippen LogP) is 3.32. The molecule has 0 aromatic heterocycles. The van der Waals surface area contributed by atoms with Gasteiger partial charge in [0.25, 0.3) is 0 Å². The van der Waals surface area contributed by atoms with Crippen molar-refractivity contribution in [1.29, 1.82) is 0 Å². The molecule has 0 spiro atoms. The highest BCUT2D eigenvalue weighted by Crippen LogP contribution is 2.34. The molecular formula is C17H32N2O. The molecule has 0 radical (unpaired) electrons. The van der Waals surface area contributed by atoms with Gasteiger partial charge in [0.1, 0.15) is 0 Å². The van der Waals surface area contributed by atoms with E-state index in [1.54, 1.807) is 0 Å². The fourth-order valence-electron chi connectivity index (χ4n) is 4.08. The number of rotatable bonds is 4. The molecule has 2 N–H and O–H groups in total. The summed E-state index contributed by atoms with van der Waals surface area (Å²) < 4.78 is 0. The summed E-state index contributed by atoms with van der Waals surface area (Å²) in [5.74, 6) is 1.34. The molecule has 0 aliphatic heterocycles. The van der Waals surface area contributed by atoms with Gasteiger partial charge in [0, 0.05) is 12.6 Å². The molecule has 116 valence electrons. The van der Waals surface area contributed by atoms with E-state index in [2.05, 4.69) is 25.7 Å². The fourth-order valence-corrected chi connectivity index (χ4v) is 4.08. The molecule has 2 atom stereocenters. The molecule has 0 bridgehead atoms. The number of nitrogens with zero attached hydrogens (tertiary/aromatic N) is 1. The Labute approximate surface area is 124 Å². The van der Waals surface area contributed by atoms with Crippen LogP contribution in [0.1, 0.15) is 72.1 Å². The summed E-state index contributed by atoms with van der Waals surface area (Å²) in [5, 5.41) is 0. The molecule has 2 unspecified atom stereocenters. The lowest BCUT2D eigenvalue weighted by Gasteiger charge is -2.42. The van der Waals surface area contributed by atoms with Crippen LogP contribution in [0.2, 0.25) is 0 Å². The van der Waals surface area contributed by atoms with E-state index in [0.717, 1.165) is 25.8 Å². The molecule has 2 fully saturated rings. The average molecular weight is 280 g/mol. The maximum atomic E-state index is 13.1. The molecule has 3 nitrogen and oxygen atoms in total. The monoisotopic (exact) mass is 280 g/mol. The van der Waals surface area contributed by atoms with Gasteiger partial charge < -0.3 is 10.6 Å². The highest BCUT2D eigenvalue weighted by Gasteiger charge is 2.42. The van der Waals surface area contributed by atoms with Crippen molar-refractivity contribution in [2.45, 2.75) is 83.7 Å². The standard InChI is InChI=1S/C17H32N2O/c1-13(2)12-19(15-8-4-5-9-15)16(20)17(18)10-6-7-14(3)11-17/h13-15H,4-12,18H2,1-3H3. The van der Waals surface area contributed by atoms with E-state index < -0.39 is 5.54 Å². The van der Waals surface area contributed by atoms with Crippen LogP contribution < -0.4 is 5.73 Å². The number of hydrogen-bond donors (Lipinski definition) is 1. The second-order valence-electron chi connectivity index (χ2n) is 7.65. The molecule has 2 aliphatic carbocycles. The lowest BCUT2D eigenvalue weighted by Crippen LogP contribution is -2.59. The summed E-state index contributed by atoms with van der Waals surface area (Å²) in [4.78, 5) is 15.2. The van der Waals surface area contributed by atoms with E-state index in [1.807, 2.05) is 0 Å². The zero-order valence-corrected chi connectivity index (χ0v) is 13.5. The van der Waals surface area contributed by atoms with Crippen LogP contribution >= 0.6 is 0 Å². The Morgan fingerprint density at radius 2 is 1.90 bits per heavy atom. The summed E-state index contributed by atoms with van der Waals surface area (Å²) in [6, 6.07) is 0.447. The van der Waals surface area contributed by atoms with E-state index in [0.29, 0.717) is 17.9 Å². The first-order valence-corrected chi connectivity index (χ1v) is 8.52. The number of amides is 1. The Bertz CT molecular complexity index is 336. The Balaban J connectivity index is 2.12. The molecule has 0 aromatic carbocycles. The Kier molecular flexibility index (Phi) is 5.11. The lowest BCUT2D eigenvalue weighted by atomic mass is 9.76. The van der Waals surface area contributed by atoms with Crippen molar-refractivity contribution in [1.82, 2.24) is 4.90 Å². The van der Waals surface area contributed by atoms with Crippen LogP contribution in [0.4, 0.5) is 0 Å². The van der Waals surface area contributed by atoms with E-state index in [1.165, 1.54) is 32.1 Å².